The van der Waals surface area contributed by atoms with Crippen LogP contribution < -0.4 is 4.90 Å². The Labute approximate surface area is 176 Å². The molecule has 7 heteroatoms. The third kappa shape index (κ3) is 4.07. The number of nitrogens with zero attached hydrogens (tertiary/aromatic N) is 4. The van der Waals surface area contributed by atoms with Crippen LogP contribution in [0, 0.1) is 0 Å². The summed E-state index contributed by atoms with van der Waals surface area (Å²) in [6.45, 7) is 12.8. The molecule has 1 aliphatic rings. The first-order valence-corrected chi connectivity index (χ1v) is 10.0. The van der Waals surface area contributed by atoms with E-state index in [0.717, 1.165) is 42.0 Å². The first-order chi connectivity index (χ1) is 14.4. The number of ether oxygens (including phenoxy) is 2. The average Bonchev–Trinajstić information content (AvgIpc) is 3.17. The highest BCUT2D eigenvalue weighted by Crippen LogP contribution is 2.28. The van der Waals surface area contributed by atoms with E-state index >= 15 is 0 Å². The number of rotatable bonds is 5. The van der Waals surface area contributed by atoms with E-state index in [1.807, 2.05) is 55.6 Å². The highest BCUT2D eigenvalue weighted by molar-refractivity contribution is 5.79. The zero-order valence-corrected chi connectivity index (χ0v) is 17.6. The van der Waals surface area contributed by atoms with Gasteiger partial charge in [-0.15, -0.1) is 0 Å². The van der Waals surface area contributed by atoms with Gasteiger partial charge in [0.25, 0.3) is 0 Å². The van der Waals surface area contributed by atoms with Crippen LogP contribution in [0.4, 0.5) is 5.82 Å². The lowest BCUT2D eigenvalue weighted by molar-refractivity contribution is 0.0976. The van der Waals surface area contributed by atoms with Crippen LogP contribution >= 0.6 is 0 Å². The van der Waals surface area contributed by atoms with Crippen molar-refractivity contribution in [1.29, 1.82) is 0 Å². The summed E-state index contributed by atoms with van der Waals surface area (Å²) in [7, 11) is 0. The van der Waals surface area contributed by atoms with Crippen LogP contribution in [-0.4, -0.2) is 52.6 Å². The van der Waals surface area contributed by atoms with Crippen LogP contribution in [0.1, 0.15) is 36.8 Å². The van der Waals surface area contributed by atoms with E-state index in [2.05, 4.69) is 21.4 Å². The molecule has 7 nitrogen and oxygen atoms in total. The molecule has 1 saturated heterocycles. The number of imidazole rings is 1. The third-order valence-electron chi connectivity index (χ3n) is 4.86. The lowest BCUT2D eigenvalue weighted by Gasteiger charge is -2.28. The number of hydrogen-bond donors (Lipinski definition) is 0. The van der Waals surface area contributed by atoms with Gasteiger partial charge in [-0.05, 0) is 20.8 Å². The molecule has 2 aromatic heterocycles. The van der Waals surface area contributed by atoms with Crippen LogP contribution in [0.5, 0.6) is 0 Å². The standard InChI is InChI=1S/C23H26N4O3/c1-16(30-23(2,3)4)17-5-7-18(8-6-17)20-13-24-21(26-9-11-29-12-10-26)22-25-19(15-28)14-27(20)22/h5-8,13-15H,1,9-12H2,2-4H3. The normalized spacial score (nSPS) is 14.7. The van der Waals surface area contributed by atoms with E-state index < -0.39 is 0 Å². The van der Waals surface area contributed by atoms with Crippen molar-refractivity contribution in [1.82, 2.24) is 14.4 Å². The molecule has 0 unspecified atom stereocenters. The molecule has 0 radical (unpaired) electrons. The summed E-state index contributed by atoms with van der Waals surface area (Å²) in [5, 5.41) is 0. The van der Waals surface area contributed by atoms with Crippen molar-refractivity contribution in [3.05, 3.63) is 54.5 Å². The molecular formula is C23H26N4O3. The molecule has 0 atom stereocenters. The Morgan fingerprint density at radius 3 is 2.53 bits per heavy atom. The van der Waals surface area contributed by atoms with Gasteiger partial charge in [0.1, 0.15) is 17.1 Å². The number of benzene rings is 1. The monoisotopic (exact) mass is 406 g/mol. The van der Waals surface area contributed by atoms with Crippen molar-refractivity contribution in [3.8, 4) is 11.3 Å². The average molecular weight is 406 g/mol. The molecule has 0 amide bonds. The maximum atomic E-state index is 11.4. The third-order valence-corrected chi connectivity index (χ3v) is 4.86. The highest BCUT2D eigenvalue weighted by atomic mass is 16.5. The van der Waals surface area contributed by atoms with Gasteiger partial charge >= 0.3 is 0 Å². The maximum Gasteiger partial charge on any atom is 0.181 e. The molecule has 0 spiro atoms. The smallest absolute Gasteiger partial charge is 0.181 e. The zero-order chi connectivity index (χ0) is 21.3. The van der Waals surface area contributed by atoms with Gasteiger partial charge in [0.15, 0.2) is 17.8 Å². The number of aromatic nitrogens is 3. The minimum atomic E-state index is -0.302. The Hall–Kier alpha value is -3.19. The van der Waals surface area contributed by atoms with E-state index in [1.165, 1.54) is 0 Å². The number of carbonyl (C=O) groups is 1. The Balaban J connectivity index is 1.71. The van der Waals surface area contributed by atoms with Crippen molar-refractivity contribution < 1.29 is 14.3 Å². The highest BCUT2D eigenvalue weighted by Gasteiger charge is 2.20. The molecule has 3 heterocycles. The summed E-state index contributed by atoms with van der Waals surface area (Å²) in [6.07, 6.45) is 4.33. The zero-order valence-electron chi connectivity index (χ0n) is 17.6. The minimum absolute atomic E-state index is 0.302. The van der Waals surface area contributed by atoms with Crippen LogP contribution in [0.3, 0.4) is 0 Å². The van der Waals surface area contributed by atoms with E-state index in [1.54, 1.807) is 6.20 Å². The van der Waals surface area contributed by atoms with Crippen molar-refractivity contribution >= 4 is 23.5 Å². The summed E-state index contributed by atoms with van der Waals surface area (Å²) in [4.78, 5) is 22.7. The van der Waals surface area contributed by atoms with Crippen molar-refractivity contribution in [2.24, 2.45) is 0 Å². The van der Waals surface area contributed by atoms with Crippen molar-refractivity contribution in [2.75, 3.05) is 31.2 Å². The Kier molecular flexibility index (Phi) is 5.30. The van der Waals surface area contributed by atoms with Gasteiger partial charge in [-0.25, -0.2) is 9.97 Å². The molecule has 1 aliphatic heterocycles. The minimum Gasteiger partial charge on any atom is -0.488 e. The second-order valence-electron chi connectivity index (χ2n) is 8.26. The molecule has 3 aromatic rings. The van der Waals surface area contributed by atoms with Crippen molar-refractivity contribution in [3.63, 3.8) is 0 Å². The van der Waals surface area contributed by atoms with E-state index in [4.69, 9.17) is 9.47 Å². The first-order valence-electron chi connectivity index (χ1n) is 10.0. The molecule has 156 valence electrons. The fourth-order valence-corrected chi connectivity index (χ4v) is 3.51. The molecule has 30 heavy (non-hydrogen) atoms. The second-order valence-corrected chi connectivity index (χ2v) is 8.26. The van der Waals surface area contributed by atoms with Gasteiger partial charge in [-0.3, -0.25) is 9.20 Å². The summed E-state index contributed by atoms with van der Waals surface area (Å²) in [6, 6.07) is 7.95. The number of morpholine rings is 1. The van der Waals surface area contributed by atoms with Crippen molar-refractivity contribution in [2.45, 2.75) is 26.4 Å². The van der Waals surface area contributed by atoms with E-state index in [9.17, 15) is 4.79 Å². The summed E-state index contributed by atoms with van der Waals surface area (Å²) in [5.74, 6) is 1.39. The van der Waals surface area contributed by atoms with Crippen LogP contribution in [-0.2, 0) is 9.47 Å². The number of fused-ring (bicyclic) bond motifs is 1. The fourth-order valence-electron chi connectivity index (χ4n) is 3.51. The SMILES string of the molecule is C=C(OC(C)(C)C)c1ccc(-c2cnc(N3CCOCC3)c3nc(C=O)cn23)cc1. The van der Waals surface area contributed by atoms with E-state index in [-0.39, 0.29) is 5.60 Å². The quantitative estimate of drug-likeness (QED) is 0.474. The largest absolute Gasteiger partial charge is 0.488 e. The Morgan fingerprint density at radius 1 is 1.20 bits per heavy atom. The fraction of sp³-hybridized carbons (Fsp3) is 0.348. The molecule has 1 fully saturated rings. The Morgan fingerprint density at radius 2 is 1.90 bits per heavy atom. The van der Waals surface area contributed by atoms with Gasteiger partial charge in [-0.1, -0.05) is 30.8 Å². The van der Waals surface area contributed by atoms with E-state index in [0.29, 0.717) is 30.3 Å². The lowest BCUT2D eigenvalue weighted by Crippen LogP contribution is -2.37. The predicted octanol–water partition coefficient (Wildman–Crippen LogP) is 3.83. The van der Waals surface area contributed by atoms with Crippen LogP contribution in [0.2, 0.25) is 0 Å². The number of hydrogen-bond acceptors (Lipinski definition) is 6. The summed E-state index contributed by atoms with van der Waals surface area (Å²) < 4.78 is 13.2. The predicted molar refractivity (Wildman–Crippen MR) is 117 cm³/mol. The van der Waals surface area contributed by atoms with Crippen LogP contribution in [0.25, 0.3) is 22.7 Å². The number of carbonyl (C=O) groups excluding carboxylic acids is 1. The summed E-state index contributed by atoms with van der Waals surface area (Å²) in [5.41, 5.74) is 3.48. The topological polar surface area (TPSA) is 69.0 Å². The molecule has 4 rings (SSSR count). The molecule has 0 saturated carbocycles. The lowest BCUT2D eigenvalue weighted by atomic mass is 10.1. The van der Waals surface area contributed by atoms with Crippen LogP contribution in [0.15, 0.2) is 43.2 Å². The number of aldehydes is 1. The number of anilines is 1. The molecule has 1 aromatic carbocycles. The maximum absolute atomic E-state index is 11.4. The van der Waals surface area contributed by atoms with Gasteiger partial charge < -0.3 is 14.4 Å². The van der Waals surface area contributed by atoms with Gasteiger partial charge in [0.05, 0.1) is 25.1 Å². The van der Waals surface area contributed by atoms with Gasteiger partial charge in [-0.2, -0.15) is 0 Å². The molecule has 0 aliphatic carbocycles. The first kappa shape index (κ1) is 20.1. The molecular weight excluding hydrogens is 380 g/mol. The van der Waals surface area contributed by atoms with Gasteiger partial charge in [0.2, 0.25) is 0 Å². The molecule has 0 N–H and O–H groups in total. The second kappa shape index (κ2) is 7.91. The Bertz CT molecular complexity index is 1070. The summed E-state index contributed by atoms with van der Waals surface area (Å²) >= 11 is 0. The molecule has 0 bridgehead atoms. The van der Waals surface area contributed by atoms with Gasteiger partial charge in [0, 0.05) is 30.4 Å².